The predicted molar refractivity (Wildman–Crippen MR) is 81.6 cm³/mol. The van der Waals surface area contributed by atoms with E-state index < -0.39 is 10.2 Å². The minimum Gasteiger partial charge on any atom is -0.379 e. The maximum absolute atomic E-state index is 12.6. The molecule has 8 heteroatoms. The summed E-state index contributed by atoms with van der Waals surface area (Å²) in [5.74, 6) is 0.319. The second kappa shape index (κ2) is 6.57. The maximum atomic E-state index is 12.6. The number of piperidine rings is 1. The van der Waals surface area contributed by atoms with E-state index in [0.29, 0.717) is 45.3 Å². The van der Waals surface area contributed by atoms with Crippen LogP contribution >= 0.6 is 0 Å². The third kappa shape index (κ3) is 3.15. The van der Waals surface area contributed by atoms with E-state index in [9.17, 15) is 8.42 Å². The number of hydrogen-bond acceptors (Lipinski definition) is 5. The minimum atomic E-state index is -3.35. The van der Waals surface area contributed by atoms with E-state index in [1.165, 1.54) is 4.31 Å². The molecule has 0 radical (unpaired) electrons. The van der Waals surface area contributed by atoms with Gasteiger partial charge in [-0.2, -0.15) is 17.0 Å². The molecule has 1 aromatic heterocycles. The SMILES string of the molecule is Cc1cncnc1C1CCN(S(=O)(=O)N2CCOCC2)CC1. The Balaban J connectivity index is 1.65. The topological polar surface area (TPSA) is 75.6 Å². The molecule has 0 unspecified atom stereocenters. The molecule has 2 aliphatic heterocycles. The average Bonchev–Trinajstić information content (AvgIpc) is 2.56. The Morgan fingerprint density at radius 3 is 2.41 bits per heavy atom. The van der Waals surface area contributed by atoms with Gasteiger partial charge in [-0.3, -0.25) is 0 Å². The number of rotatable bonds is 3. The summed E-state index contributed by atoms with van der Waals surface area (Å²) in [5, 5.41) is 0. The Morgan fingerprint density at radius 2 is 1.77 bits per heavy atom. The van der Waals surface area contributed by atoms with Gasteiger partial charge in [0.1, 0.15) is 6.33 Å². The number of ether oxygens (including phenoxy) is 1. The van der Waals surface area contributed by atoms with Crippen LogP contribution in [0.4, 0.5) is 0 Å². The standard InChI is InChI=1S/C14H22N4O3S/c1-12-10-15-11-16-14(12)13-2-4-17(5-3-13)22(19,20)18-6-8-21-9-7-18/h10-11,13H,2-9H2,1H3. The Kier molecular flexibility index (Phi) is 4.72. The Hall–Kier alpha value is -1.09. The molecule has 2 saturated heterocycles. The molecule has 0 aliphatic carbocycles. The lowest BCUT2D eigenvalue weighted by Crippen LogP contribution is -2.50. The fourth-order valence-corrected chi connectivity index (χ4v) is 4.75. The predicted octanol–water partition coefficient (Wildman–Crippen LogP) is 0.541. The summed E-state index contributed by atoms with van der Waals surface area (Å²) in [5.41, 5.74) is 2.13. The number of nitrogens with zero attached hydrogens (tertiary/aromatic N) is 4. The molecular weight excluding hydrogens is 304 g/mol. The first-order valence-corrected chi connectivity index (χ1v) is 9.08. The second-order valence-electron chi connectivity index (χ2n) is 5.78. The van der Waals surface area contributed by atoms with Gasteiger partial charge in [-0.15, -0.1) is 0 Å². The van der Waals surface area contributed by atoms with Crippen LogP contribution < -0.4 is 0 Å². The van der Waals surface area contributed by atoms with Crippen LogP contribution in [0.3, 0.4) is 0 Å². The van der Waals surface area contributed by atoms with Gasteiger partial charge < -0.3 is 4.74 Å². The second-order valence-corrected chi connectivity index (χ2v) is 7.71. The summed E-state index contributed by atoms with van der Waals surface area (Å²) in [4.78, 5) is 8.39. The highest BCUT2D eigenvalue weighted by molar-refractivity contribution is 7.86. The third-order valence-electron chi connectivity index (χ3n) is 4.40. The van der Waals surface area contributed by atoms with Gasteiger partial charge in [-0.25, -0.2) is 9.97 Å². The van der Waals surface area contributed by atoms with Gasteiger partial charge in [0.05, 0.1) is 13.2 Å². The molecule has 0 aromatic carbocycles. The molecule has 0 bridgehead atoms. The van der Waals surface area contributed by atoms with Gasteiger partial charge in [-0.05, 0) is 25.3 Å². The summed E-state index contributed by atoms with van der Waals surface area (Å²) in [6.45, 7) is 4.97. The molecule has 2 fully saturated rings. The molecule has 0 saturated carbocycles. The highest BCUT2D eigenvalue weighted by Crippen LogP contribution is 2.30. The Labute approximate surface area is 131 Å². The van der Waals surface area contributed by atoms with Crippen LogP contribution in [0, 0.1) is 6.92 Å². The summed E-state index contributed by atoms with van der Waals surface area (Å²) in [6.07, 6.45) is 5.00. The smallest absolute Gasteiger partial charge is 0.282 e. The summed E-state index contributed by atoms with van der Waals surface area (Å²) in [6, 6.07) is 0. The summed E-state index contributed by atoms with van der Waals surface area (Å²) in [7, 11) is -3.35. The number of hydrogen-bond donors (Lipinski definition) is 0. The molecule has 122 valence electrons. The number of aryl methyl sites for hydroxylation is 1. The van der Waals surface area contributed by atoms with E-state index in [2.05, 4.69) is 9.97 Å². The Morgan fingerprint density at radius 1 is 1.14 bits per heavy atom. The van der Waals surface area contributed by atoms with Gasteiger partial charge in [0, 0.05) is 44.0 Å². The maximum Gasteiger partial charge on any atom is 0.282 e. The van der Waals surface area contributed by atoms with Gasteiger partial charge in [0.25, 0.3) is 10.2 Å². The first-order chi connectivity index (χ1) is 10.6. The summed E-state index contributed by atoms with van der Waals surface area (Å²) < 4.78 is 33.6. The first-order valence-electron chi connectivity index (χ1n) is 7.68. The molecule has 3 heterocycles. The highest BCUT2D eigenvalue weighted by Gasteiger charge is 2.34. The molecule has 0 amide bonds. The van der Waals surface area contributed by atoms with Crippen LogP contribution in [0.15, 0.2) is 12.5 Å². The van der Waals surface area contributed by atoms with Crippen LogP contribution in [0.2, 0.25) is 0 Å². The molecule has 0 atom stereocenters. The molecule has 2 aliphatic rings. The lowest BCUT2D eigenvalue weighted by molar-refractivity contribution is 0.0696. The van der Waals surface area contributed by atoms with E-state index >= 15 is 0 Å². The van der Waals surface area contributed by atoms with Crippen molar-refractivity contribution >= 4 is 10.2 Å². The van der Waals surface area contributed by atoms with Crippen molar-refractivity contribution in [1.82, 2.24) is 18.6 Å². The van der Waals surface area contributed by atoms with Crippen molar-refractivity contribution in [3.63, 3.8) is 0 Å². The van der Waals surface area contributed by atoms with Crippen LogP contribution in [-0.2, 0) is 14.9 Å². The number of morpholine rings is 1. The molecule has 1 aromatic rings. The van der Waals surface area contributed by atoms with E-state index in [0.717, 1.165) is 24.1 Å². The quantitative estimate of drug-likeness (QED) is 0.810. The van der Waals surface area contributed by atoms with E-state index in [-0.39, 0.29) is 0 Å². The molecule has 0 spiro atoms. The molecule has 22 heavy (non-hydrogen) atoms. The first kappa shape index (κ1) is 15.8. The van der Waals surface area contributed by atoms with Gasteiger partial charge >= 0.3 is 0 Å². The van der Waals surface area contributed by atoms with Crippen molar-refractivity contribution in [3.05, 3.63) is 23.8 Å². The van der Waals surface area contributed by atoms with Crippen molar-refractivity contribution in [2.75, 3.05) is 39.4 Å². The summed E-state index contributed by atoms with van der Waals surface area (Å²) >= 11 is 0. The van der Waals surface area contributed by atoms with Crippen LogP contribution in [-0.4, -0.2) is 66.4 Å². The van der Waals surface area contributed by atoms with Crippen molar-refractivity contribution in [3.8, 4) is 0 Å². The fourth-order valence-electron chi connectivity index (χ4n) is 3.14. The molecular formula is C14H22N4O3S. The van der Waals surface area contributed by atoms with E-state index in [1.807, 2.05) is 13.1 Å². The van der Waals surface area contributed by atoms with Crippen molar-refractivity contribution in [2.24, 2.45) is 0 Å². The Bertz CT molecular complexity index is 608. The van der Waals surface area contributed by atoms with Crippen LogP contribution in [0.1, 0.15) is 30.0 Å². The molecule has 3 rings (SSSR count). The zero-order valence-electron chi connectivity index (χ0n) is 12.8. The zero-order chi connectivity index (χ0) is 15.6. The monoisotopic (exact) mass is 326 g/mol. The zero-order valence-corrected chi connectivity index (χ0v) is 13.6. The van der Waals surface area contributed by atoms with E-state index in [4.69, 9.17) is 4.74 Å². The fraction of sp³-hybridized carbons (Fsp3) is 0.714. The third-order valence-corrected chi connectivity index (χ3v) is 6.43. The van der Waals surface area contributed by atoms with Crippen LogP contribution in [0.25, 0.3) is 0 Å². The average molecular weight is 326 g/mol. The lowest BCUT2D eigenvalue weighted by Gasteiger charge is -2.36. The van der Waals surface area contributed by atoms with E-state index in [1.54, 1.807) is 10.6 Å². The molecule has 0 N–H and O–H groups in total. The van der Waals surface area contributed by atoms with Crippen molar-refractivity contribution in [1.29, 1.82) is 0 Å². The normalized spacial score (nSPS) is 22.8. The van der Waals surface area contributed by atoms with Gasteiger partial charge in [0.2, 0.25) is 0 Å². The lowest BCUT2D eigenvalue weighted by atomic mass is 9.92. The molecule has 7 nitrogen and oxygen atoms in total. The number of aromatic nitrogens is 2. The van der Waals surface area contributed by atoms with Crippen molar-refractivity contribution in [2.45, 2.75) is 25.7 Å². The van der Waals surface area contributed by atoms with Crippen molar-refractivity contribution < 1.29 is 13.2 Å². The van der Waals surface area contributed by atoms with Gasteiger partial charge in [0.15, 0.2) is 0 Å². The highest BCUT2D eigenvalue weighted by atomic mass is 32.2. The van der Waals surface area contributed by atoms with Gasteiger partial charge in [-0.1, -0.05) is 0 Å². The minimum absolute atomic E-state index is 0.319. The largest absolute Gasteiger partial charge is 0.379 e. The van der Waals surface area contributed by atoms with Crippen LogP contribution in [0.5, 0.6) is 0 Å².